The maximum absolute atomic E-state index is 11.5. The lowest BCUT2D eigenvalue weighted by atomic mass is 10.2. The molecule has 4 nitrogen and oxygen atoms in total. The molecule has 0 spiro atoms. The summed E-state index contributed by atoms with van der Waals surface area (Å²) in [6.07, 6.45) is 1.93. The number of hydrogen-bond acceptors (Lipinski definition) is 3. The van der Waals surface area contributed by atoms with Gasteiger partial charge < -0.3 is 5.32 Å². The normalized spacial score (nSPS) is 10.0. The maximum atomic E-state index is 11.5. The maximum Gasteiger partial charge on any atom is 0.321 e. The highest BCUT2D eigenvalue weighted by atomic mass is 32.2. The molecule has 0 unspecified atom stereocenters. The topological polar surface area (TPSA) is 58.2 Å². The number of unbranched alkanes of at least 4 members (excludes halogenated alkanes) is 1. The minimum Gasteiger partial charge on any atom is -0.338 e. The van der Waals surface area contributed by atoms with E-state index in [1.165, 1.54) is 17.3 Å². The Morgan fingerprint density at radius 1 is 1.21 bits per heavy atom. The number of nitrogens with one attached hydrogen (secondary N) is 2. The molecule has 19 heavy (non-hydrogen) atoms. The predicted octanol–water partition coefficient (Wildman–Crippen LogP) is 2.71. The van der Waals surface area contributed by atoms with Crippen LogP contribution in [0.4, 0.5) is 4.79 Å². The zero-order chi connectivity index (χ0) is 14.1. The van der Waals surface area contributed by atoms with Gasteiger partial charge in [0.1, 0.15) is 0 Å². The van der Waals surface area contributed by atoms with E-state index < -0.39 is 6.03 Å². The first-order valence-corrected chi connectivity index (χ1v) is 7.37. The second-order valence-electron chi connectivity index (χ2n) is 4.26. The average molecular weight is 280 g/mol. The molecule has 2 N–H and O–H groups in total. The van der Waals surface area contributed by atoms with Gasteiger partial charge in [-0.15, -0.1) is 11.8 Å². The van der Waals surface area contributed by atoms with E-state index >= 15 is 0 Å². The van der Waals surface area contributed by atoms with Crippen molar-refractivity contribution in [2.45, 2.75) is 31.6 Å². The van der Waals surface area contributed by atoms with E-state index in [4.69, 9.17) is 0 Å². The van der Waals surface area contributed by atoms with Gasteiger partial charge in [0.2, 0.25) is 5.91 Å². The minimum absolute atomic E-state index is 0.240. The number of benzene rings is 1. The molecule has 5 heteroatoms. The molecule has 104 valence electrons. The van der Waals surface area contributed by atoms with Crippen molar-refractivity contribution >= 4 is 23.7 Å². The number of hydrogen-bond donors (Lipinski definition) is 2. The van der Waals surface area contributed by atoms with E-state index in [9.17, 15) is 9.59 Å². The van der Waals surface area contributed by atoms with E-state index in [0.717, 1.165) is 17.7 Å². The molecule has 0 aliphatic heterocycles. The second-order valence-corrected chi connectivity index (χ2v) is 5.31. The van der Waals surface area contributed by atoms with Gasteiger partial charge in [0.25, 0.3) is 0 Å². The van der Waals surface area contributed by atoms with E-state index in [1.807, 2.05) is 38.1 Å². The third kappa shape index (κ3) is 6.86. The lowest BCUT2D eigenvalue weighted by Crippen LogP contribution is -2.40. The van der Waals surface area contributed by atoms with Crippen LogP contribution < -0.4 is 10.6 Å². The third-order valence-corrected chi connectivity index (χ3v) is 3.47. The summed E-state index contributed by atoms with van der Waals surface area (Å²) in [6, 6.07) is 7.52. The Hall–Kier alpha value is -1.49. The van der Waals surface area contributed by atoms with E-state index in [-0.39, 0.29) is 11.7 Å². The summed E-state index contributed by atoms with van der Waals surface area (Å²) >= 11 is 1.42. The average Bonchev–Trinajstić information content (AvgIpc) is 2.38. The Morgan fingerprint density at radius 3 is 2.53 bits per heavy atom. The summed E-state index contributed by atoms with van der Waals surface area (Å²) in [4.78, 5) is 23.9. The largest absolute Gasteiger partial charge is 0.338 e. The Balaban J connectivity index is 2.24. The van der Waals surface area contributed by atoms with Gasteiger partial charge in [-0.3, -0.25) is 10.1 Å². The molecule has 0 aliphatic carbocycles. The highest BCUT2D eigenvalue weighted by molar-refractivity contribution is 8.00. The molecule has 0 heterocycles. The standard InChI is InChI=1S/C14H20N2O2S/c1-3-4-9-15-14(18)16-13(17)10-19-12-7-5-11(2)6-8-12/h5-8H,3-4,9-10H2,1-2H3,(H2,15,16,17,18). The SMILES string of the molecule is CCCCNC(=O)NC(=O)CSc1ccc(C)cc1. The first kappa shape index (κ1) is 15.6. The smallest absolute Gasteiger partial charge is 0.321 e. The van der Waals surface area contributed by atoms with Crippen LogP contribution in [0.15, 0.2) is 29.2 Å². The minimum atomic E-state index is -0.414. The number of thioether (sulfide) groups is 1. The Kier molecular flexibility index (Phi) is 7.03. The molecule has 3 amide bonds. The summed E-state index contributed by atoms with van der Waals surface area (Å²) in [5, 5.41) is 4.95. The van der Waals surface area contributed by atoms with Crippen molar-refractivity contribution < 1.29 is 9.59 Å². The number of aryl methyl sites for hydroxylation is 1. The highest BCUT2D eigenvalue weighted by Gasteiger charge is 2.07. The monoisotopic (exact) mass is 280 g/mol. The molecule has 1 rings (SSSR count). The number of urea groups is 1. The molecular formula is C14H20N2O2S. The van der Waals surface area contributed by atoms with Gasteiger partial charge in [0, 0.05) is 11.4 Å². The van der Waals surface area contributed by atoms with Crippen LogP contribution in [0.2, 0.25) is 0 Å². The van der Waals surface area contributed by atoms with Crippen LogP contribution in [0.5, 0.6) is 0 Å². The number of rotatable bonds is 6. The van der Waals surface area contributed by atoms with Crippen molar-refractivity contribution in [1.29, 1.82) is 0 Å². The number of imide groups is 1. The van der Waals surface area contributed by atoms with Crippen molar-refractivity contribution in [2.24, 2.45) is 0 Å². The van der Waals surface area contributed by atoms with Crippen LogP contribution in [0.25, 0.3) is 0 Å². The summed E-state index contributed by atoms with van der Waals surface area (Å²) in [6.45, 7) is 4.66. The molecule has 0 radical (unpaired) electrons. The van der Waals surface area contributed by atoms with Gasteiger partial charge in [-0.05, 0) is 25.5 Å². The quantitative estimate of drug-likeness (QED) is 0.622. The Labute approximate surface area is 118 Å². The van der Waals surface area contributed by atoms with Crippen LogP contribution in [0.3, 0.4) is 0 Å². The number of carbonyl (C=O) groups is 2. The molecule has 1 aromatic rings. The van der Waals surface area contributed by atoms with Crippen molar-refractivity contribution in [2.75, 3.05) is 12.3 Å². The molecule has 0 atom stereocenters. The van der Waals surface area contributed by atoms with Gasteiger partial charge >= 0.3 is 6.03 Å². The molecule has 0 saturated carbocycles. The van der Waals surface area contributed by atoms with Crippen molar-refractivity contribution in [3.8, 4) is 0 Å². The van der Waals surface area contributed by atoms with Gasteiger partial charge in [-0.2, -0.15) is 0 Å². The Morgan fingerprint density at radius 2 is 1.89 bits per heavy atom. The summed E-state index contributed by atoms with van der Waals surface area (Å²) in [5.41, 5.74) is 1.18. The molecule has 0 bridgehead atoms. The van der Waals surface area contributed by atoms with Crippen LogP contribution in [-0.4, -0.2) is 24.2 Å². The molecular weight excluding hydrogens is 260 g/mol. The van der Waals surface area contributed by atoms with E-state index in [1.54, 1.807) is 0 Å². The van der Waals surface area contributed by atoms with E-state index in [2.05, 4.69) is 10.6 Å². The van der Waals surface area contributed by atoms with Crippen molar-refractivity contribution in [1.82, 2.24) is 10.6 Å². The first-order chi connectivity index (χ1) is 9.11. The number of amides is 3. The fourth-order valence-electron chi connectivity index (χ4n) is 1.37. The number of carbonyl (C=O) groups excluding carboxylic acids is 2. The fraction of sp³-hybridized carbons (Fsp3) is 0.429. The van der Waals surface area contributed by atoms with Crippen molar-refractivity contribution in [3.05, 3.63) is 29.8 Å². The van der Waals surface area contributed by atoms with Crippen LogP contribution in [-0.2, 0) is 4.79 Å². The molecule has 1 aromatic carbocycles. The van der Waals surface area contributed by atoms with Crippen LogP contribution in [0, 0.1) is 6.92 Å². The third-order valence-electron chi connectivity index (χ3n) is 2.46. The van der Waals surface area contributed by atoms with Gasteiger partial charge in [-0.1, -0.05) is 31.0 Å². The molecule has 0 fully saturated rings. The summed E-state index contributed by atoms with van der Waals surface area (Å²) in [7, 11) is 0. The first-order valence-electron chi connectivity index (χ1n) is 6.39. The Bertz CT molecular complexity index is 418. The van der Waals surface area contributed by atoms with Crippen LogP contribution >= 0.6 is 11.8 Å². The second kappa shape index (κ2) is 8.58. The van der Waals surface area contributed by atoms with E-state index in [0.29, 0.717) is 6.54 Å². The molecule has 0 aromatic heterocycles. The predicted molar refractivity (Wildman–Crippen MR) is 78.4 cm³/mol. The fourth-order valence-corrected chi connectivity index (χ4v) is 2.07. The van der Waals surface area contributed by atoms with Gasteiger partial charge in [-0.25, -0.2) is 4.79 Å². The van der Waals surface area contributed by atoms with Crippen LogP contribution in [0.1, 0.15) is 25.3 Å². The summed E-state index contributed by atoms with van der Waals surface area (Å²) < 4.78 is 0. The lowest BCUT2D eigenvalue weighted by Gasteiger charge is -2.06. The zero-order valence-corrected chi connectivity index (χ0v) is 12.2. The van der Waals surface area contributed by atoms with Gasteiger partial charge in [0.15, 0.2) is 0 Å². The molecule has 0 aliphatic rings. The highest BCUT2D eigenvalue weighted by Crippen LogP contribution is 2.17. The van der Waals surface area contributed by atoms with Crippen molar-refractivity contribution in [3.63, 3.8) is 0 Å². The summed E-state index contributed by atoms with van der Waals surface area (Å²) in [5.74, 6) is -0.0378. The molecule has 0 saturated heterocycles. The lowest BCUT2D eigenvalue weighted by molar-refractivity contribution is -0.117. The zero-order valence-electron chi connectivity index (χ0n) is 11.4. The van der Waals surface area contributed by atoms with Gasteiger partial charge in [0.05, 0.1) is 5.75 Å².